The van der Waals surface area contributed by atoms with Gasteiger partial charge in [-0.15, -0.1) is 0 Å². The van der Waals surface area contributed by atoms with Crippen molar-refractivity contribution in [2.45, 2.75) is 33.5 Å². The van der Waals surface area contributed by atoms with E-state index in [1.54, 1.807) is 6.92 Å². The van der Waals surface area contributed by atoms with Crippen molar-refractivity contribution in [1.82, 2.24) is 9.78 Å². The van der Waals surface area contributed by atoms with Crippen molar-refractivity contribution in [2.24, 2.45) is 11.1 Å². The second kappa shape index (κ2) is 12.5. The molecular weight excluding hydrogens is 466 g/mol. The molecule has 0 saturated heterocycles. The lowest BCUT2D eigenvalue weighted by Crippen LogP contribution is -2.26. The van der Waals surface area contributed by atoms with Crippen molar-refractivity contribution in [3.63, 3.8) is 0 Å². The van der Waals surface area contributed by atoms with Crippen LogP contribution in [0.4, 0.5) is 0 Å². The highest BCUT2D eigenvalue weighted by atomic mass is 16.6. The third kappa shape index (κ3) is 6.85. The van der Waals surface area contributed by atoms with E-state index >= 15 is 0 Å². The summed E-state index contributed by atoms with van der Waals surface area (Å²) in [4.78, 5) is 17.9. The Kier molecular flexibility index (Phi) is 8.70. The SMILES string of the molecule is COC(=O)C(Cc1ccc(OCc2cnn(-c3ccccc3)c2C)cc1)C(C)=NOCc1ccccc1. The second-order valence-corrected chi connectivity index (χ2v) is 8.71. The summed E-state index contributed by atoms with van der Waals surface area (Å²) in [5.41, 5.74) is 5.60. The molecular formula is C30H31N3O4. The van der Waals surface area contributed by atoms with Crippen molar-refractivity contribution in [3.05, 3.63) is 114 Å². The highest BCUT2D eigenvalue weighted by Gasteiger charge is 2.24. The molecule has 0 aliphatic rings. The van der Waals surface area contributed by atoms with Crippen LogP contribution in [-0.4, -0.2) is 28.6 Å². The molecule has 7 heteroatoms. The second-order valence-electron chi connectivity index (χ2n) is 8.71. The van der Waals surface area contributed by atoms with Gasteiger partial charge in [-0.25, -0.2) is 4.68 Å². The zero-order valence-electron chi connectivity index (χ0n) is 21.3. The van der Waals surface area contributed by atoms with Crippen LogP contribution in [0, 0.1) is 12.8 Å². The summed E-state index contributed by atoms with van der Waals surface area (Å²) >= 11 is 0. The zero-order chi connectivity index (χ0) is 26.0. The molecule has 0 aliphatic heterocycles. The van der Waals surface area contributed by atoms with Crippen molar-refractivity contribution >= 4 is 11.7 Å². The van der Waals surface area contributed by atoms with Crippen LogP contribution in [0.2, 0.25) is 0 Å². The van der Waals surface area contributed by atoms with Crippen LogP contribution in [0.3, 0.4) is 0 Å². The maximum Gasteiger partial charge on any atom is 0.314 e. The van der Waals surface area contributed by atoms with Crippen molar-refractivity contribution in [3.8, 4) is 11.4 Å². The normalized spacial score (nSPS) is 12.1. The van der Waals surface area contributed by atoms with Crippen molar-refractivity contribution in [1.29, 1.82) is 0 Å². The summed E-state index contributed by atoms with van der Waals surface area (Å²) in [5.74, 6) is -0.156. The van der Waals surface area contributed by atoms with Gasteiger partial charge in [-0.3, -0.25) is 4.79 Å². The standard InChI is InChI=1S/C30H31N3O4/c1-22(32-37-20-25-10-6-4-7-11-25)29(30(34)35-3)18-24-14-16-28(17-15-24)36-21-26-19-31-33(23(26)2)27-12-8-5-9-13-27/h4-17,19,29H,18,20-21H2,1-3H3. The van der Waals surface area contributed by atoms with Gasteiger partial charge in [0.15, 0.2) is 0 Å². The maximum atomic E-state index is 12.5. The van der Waals surface area contributed by atoms with Gasteiger partial charge in [-0.2, -0.15) is 5.10 Å². The van der Waals surface area contributed by atoms with Gasteiger partial charge in [0.05, 0.1) is 24.7 Å². The Balaban J connectivity index is 1.35. The minimum Gasteiger partial charge on any atom is -0.489 e. The van der Waals surface area contributed by atoms with E-state index in [2.05, 4.69) is 10.3 Å². The number of hydrogen-bond acceptors (Lipinski definition) is 6. The highest BCUT2D eigenvalue weighted by molar-refractivity contribution is 6.00. The van der Waals surface area contributed by atoms with Gasteiger partial charge in [0.2, 0.25) is 0 Å². The largest absolute Gasteiger partial charge is 0.489 e. The molecule has 0 N–H and O–H groups in total. The number of aromatic nitrogens is 2. The number of oxime groups is 1. The van der Waals surface area contributed by atoms with Crippen LogP contribution in [0.25, 0.3) is 5.69 Å². The smallest absolute Gasteiger partial charge is 0.314 e. The van der Waals surface area contributed by atoms with E-state index in [0.717, 1.165) is 33.8 Å². The molecule has 0 amide bonds. The fourth-order valence-electron chi connectivity index (χ4n) is 3.92. The molecule has 190 valence electrons. The molecule has 1 atom stereocenters. The quantitative estimate of drug-likeness (QED) is 0.151. The monoisotopic (exact) mass is 497 g/mol. The Hall–Kier alpha value is -4.39. The third-order valence-electron chi connectivity index (χ3n) is 6.14. The molecule has 1 aromatic heterocycles. The van der Waals surface area contributed by atoms with E-state index in [9.17, 15) is 4.79 Å². The number of esters is 1. The predicted octanol–water partition coefficient (Wildman–Crippen LogP) is 5.68. The Labute approximate surface area is 217 Å². The Bertz CT molecular complexity index is 1320. The number of nitrogens with zero attached hydrogens (tertiary/aromatic N) is 3. The molecule has 37 heavy (non-hydrogen) atoms. The van der Waals surface area contributed by atoms with E-state index in [-0.39, 0.29) is 5.97 Å². The Morgan fingerprint density at radius 1 is 0.919 bits per heavy atom. The Morgan fingerprint density at radius 3 is 2.27 bits per heavy atom. The van der Waals surface area contributed by atoms with Gasteiger partial charge in [-0.1, -0.05) is 65.8 Å². The highest BCUT2D eigenvalue weighted by Crippen LogP contribution is 2.20. The van der Waals surface area contributed by atoms with Gasteiger partial charge in [0, 0.05) is 11.3 Å². The summed E-state index contributed by atoms with van der Waals surface area (Å²) in [6.45, 7) is 4.55. The minimum atomic E-state index is -0.543. The van der Waals surface area contributed by atoms with Crippen LogP contribution >= 0.6 is 0 Å². The lowest BCUT2D eigenvalue weighted by atomic mass is 9.95. The number of ether oxygens (including phenoxy) is 2. The number of carbonyl (C=O) groups is 1. The summed E-state index contributed by atoms with van der Waals surface area (Å²) in [6, 6.07) is 27.5. The lowest BCUT2D eigenvalue weighted by molar-refractivity contribution is -0.143. The minimum absolute atomic E-state index is 0.335. The van der Waals surface area contributed by atoms with Crippen LogP contribution < -0.4 is 4.74 Å². The van der Waals surface area contributed by atoms with Gasteiger partial charge in [0.1, 0.15) is 24.9 Å². The van der Waals surface area contributed by atoms with Gasteiger partial charge in [0.25, 0.3) is 0 Å². The number of rotatable bonds is 11. The summed E-state index contributed by atoms with van der Waals surface area (Å²) in [7, 11) is 1.38. The molecule has 7 nitrogen and oxygen atoms in total. The number of benzene rings is 3. The fraction of sp³-hybridized carbons (Fsp3) is 0.233. The van der Waals surface area contributed by atoms with Crippen molar-refractivity contribution in [2.75, 3.05) is 7.11 Å². The predicted molar refractivity (Wildman–Crippen MR) is 143 cm³/mol. The first-order chi connectivity index (χ1) is 18.0. The maximum absolute atomic E-state index is 12.5. The first-order valence-corrected chi connectivity index (χ1v) is 12.1. The van der Waals surface area contributed by atoms with E-state index in [1.165, 1.54) is 7.11 Å². The molecule has 0 saturated carbocycles. The van der Waals surface area contributed by atoms with Crippen LogP contribution in [0.5, 0.6) is 5.75 Å². The molecule has 1 heterocycles. The molecule has 0 aliphatic carbocycles. The lowest BCUT2D eigenvalue weighted by Gasteiger charge is -2.15. The van der Waals surface area contributed by atoms with Crippen LogP contribution in [0.1, 0.15) is 29.3 Å². The van der Waals surface area contributed by atoms with Crippen LogP contribution in [-0.2, 0) is 34.0 Å². The molecule has 3 aromatic carbocycles. The number of carbonyl (C=O) groups excluding carboxylic acids is 1. The van der Waals surface area contributed by atoms with E-state index in [4.69, 9.17) is 14.3 Å². The molecule has 0 fully saturated rings. The van der Waals surface area contributed by atoms with Gasteiger partial charge in [-0.05, 0) is 55.7 Å². The average Bonchev–Trinajstić information content (AvgIpc) is 3.31. The van der Waals surface area contributed by atoms with Crippen molar-refractivity contribution < 1.29 is 19.1 Å². The number of hydrogen-bond donors (Lipinski definition) is 0. The first kappa shape index (κ1) is 25.7. The fourth-order valence-corrected chi connectivity index (χ4v) is 3.92. The number of para-hydroxylation sites is 1. The topological polar surface area (TPSA) is 74.9 Å². The van der Waals surface area contributed by atoms with Gasteiger partial charge >= 0.3 is 5.97 Å². The summed E-state index contributed by atoms with van der Waals surface area (Å²) in [5, 5.41) is 8.68. The third-order valence-corrected chi connectivity index (χ3v) is 6.14. The number of methoxy groups -OCH3 is 1. The zero-order valence-corrected chi connectivity index (χ0v) is 21.3. The molecule has 4 aromatic rings. The first-order valence-electron chi connectivity index (χ1n) is 12.1. The molecule has 0 spiro atoms. The average molecular weight is 498 g/mol. The summed E-state index contributed by atoms with van der Waals surface area (Å²) < 4.78 is 12.9. The van der Waals surface area contributed by atoms with E-state index in [1.807, 2.05) is 103 Å². The molecule has 0 radical (unpaired) electrons. The molecule has 4 rings (SSSR count). The van der Waals surface area contributed by atoms with Crippen LogP contribution in [0.15, 0.2) is 96.3 Å². The summed E-state index contributed by atoms with van der Waals surface area (Å²) in [6.07, 6.45) is 2.28. The molecule has 0 bridgehead atoms. The van der Waals surface area contributed by atoms with Gasteiger partial charge < -0.3 is 14.3 Å². The molecule has 1 unspecified atom stereocenters. The Morgan fingerprint density at radius 2 is 1.59 bits per heavy atom. The van der Waals surface area contributed by atoms with E-state index < -0.39 is 5.92 Å². The van der Waals surface area contributed by atoms with E-state index in [0.29, 0.717) is 25.3 Å².